The minimum Gasteiger partial charge on any atom is -0.378 e. The summed E-state index contributed by atoms with van der Waals surface area (Å²) in [5, 5.41) is 13.2. The summed E-state index contributed by atoms with van der Waals surface area (Å²) in [4.78, 5) is 9.61. The molecule has 0 bridgehead atoms. The molecule has 2 aromatic rings. The Kier molecular flexibility index (Phi) is 6.20. The van der Waals surface area contributed by atoms with Crippen LogP contribution in [0, 0.1) is 0 Å². The van der Waals surface area contributed by atoms with Gasteiger partial charge in [0, 0.05) is 40.8 Å². The van der Waals surface area contributed by atoms with Gasteiger partial charge >= 0.3 is 0 Å². The summed E-state index contributed by atoms with van der Waals surface area (Å²) in [6.07, 6.45) is 6.75. The average molecular weight is 398 g/mol. The molecule has 0 amide bonds. The lowest BCUT2D eigenvalue weighted by atomic mass is 9.90. The summed E-state index contributed by atoms with van der Waals surface area (Å²) in [5.41, 5.74) is 1.10. The van der Waals surface area contributed by atoms with Crippen LogP contribution in [0.25, 0.3) is 10.8 Å². The minimum absolute atomic E-state index is 0.335. The van der Waals surface area contributed by atoms with Crippen molar-refractivity contribution in [2.75, 3.05) is 23.8 Å². The number of hydrogen-bond donors (Lipinski definition) is 3. The van der Waals surface area contributed by atoms with Crippen molar-refractivity contribution in [2.24, 2.45) is 0 Å². The van der Waals surface area contributed by atoms with Gasteiger partial charge in [-0.2, -0.15) is 0 Å². The molecule has 4 rings (SSSR count). The molecule has 0 atom stereocenters. The number of ether oxygens (including phenoxy) is 1. The Balaban J connectivity index is 1.46. The second-order valence-electron chi connectivity index (χ2n) is 9.23. The fourth-order valence-corrected chi connectivity index (χ4v) is 4.20. The first-order valence-electron chi connectivity index (χ1n) is 11.2. The summed E-state index contributed by atoms with van der Waals surface area (Å²) in [6, 6.07) is 6.35. The highest BCUT2D eigenvalue weighted by atomic mass is 16.5. The van der Waals surface area contributed by atoms with Gasteiger partial charge in [0.05, 0.1) is 19.3 Å². The SMILES string of the molecule is CC(C)Nc1nc(C(C)C)cc2cnc(N[C@H]3CC[C@H](NC4COC4)CC3)cc12. The van der Waals surface area contributed by atoms with E-state index in [1.54, 1.807) is 0 Å². The van der Waals surface area contributed by atoms with Gasteiger partial charge in [-0.15, -0.1) is 0 Å². The van der Waals surface area contributed by atoms with Crippen LogP contribution in [0.3, 0.4) is 0 Å². The third kappa shape index (κ3) is 4.98. The molecule has 0 unspecified atom stereocenters. The molecule has 1 aliphatic carbocycles. The summed E-state index contributed by atoms with van der Waals surface area (Å²) >= 11 is 0. The Morgan fingerprint density at radius 3 is 2.31 bits per heavy atom. The highest BCUT2D eigenvalue weighted by molar-refractivity contribution is 5.93. The second-order valence-corrected chi connectivity index (χ2v) is 9.23. The lowest BCUT2D eigenvalue weighted by Crippen LogP contribution is -2.51. The first-order chi connectivity index (χ1) is 14.0. The van der Waals surface area contributed by atoms with Gasteiger partial charge in [0.15, 0.2) is 0 Å². The van der Waals surface area contributed by atoms with Crippen LogP contribution in [0.4, 0.5) is 11.6 Å². The van der Waals surface area contributed by atoms with E-state index in [1.165, 1.54) is 25.7 Å². The third-order valence-corrected chi connectivity index (χ3v) is 5.94. The van der Waals surface area contributed by atoms with Crippen molar-refractivity contribution in [3.8, 4) is 0 Å². The molecule has 1 saturated heterocycles. The smallest absolute Gasteiger partial charge is 0.134 e. The first kappa shape index (κ1) is 20.4. The van der Waals surface area contributed by atoms with Gasteiger partial charge in [-0.1, -0.05) is 13.8 Å². The number of nitrogens with zero attached hydrogens (tertiary/aromatic N) is 2. The predicted octanol–water partition coefficient (Wildman–Crippen LogP) is 4.29. The zero-order valence-electron chi connectivity index (χ0n) is 18.2. The molecule has 2 fully saturated rings. The molecule has 6 heteroatoms. The van der Waals surface area contributed by atoms with Crippen molar-refractivity contribution >= 4 is 22.4 Å². The summed E-state index contributed by atoms with van der Waals surface area (Å²) < 4.78 is 5.27. The molecule has 0 aromatic carbocycles. The van der Waals surface area contributed by atoms with E-state index in [9.17, 15) is 0 Å². The van der Waals surface area contributed by atoms with E-state index in [2.05, 4.69) is 55.8 Å². The molecule has 1 aliphatic heterocycles. The molecule has 6 nitrogen and oxygen atoms in total. The number of nitrogens with one attached hydrogen (secondary N) is 3. The van der Waals surface area contributed by atoms with Crippen LogP contribution in [-0.2, 0) is 4.74 Å². The Labute approximate surface area is 174 Å². The molecule has 1 saturated carbocycles. The lowest BCUT2D eigenvalue weighted by Gasteiger charge is -2.35. The molecule has 3 heterocycles. The van der Waals surface area contributed by atoms with E-state index in [1.807, 2.05) is 6.20 Å². The standard InChI is InChI=1S/C23H35N5O/c1-14(2)21-9-16-11-24-22(10-20(16)23(28-21)25-15(3)4)27-18-7-5-17(6-8-18)26-19-12-29-13-19/h9-11,14-15,17-19,26H,5-8,12-13H2,1-4H3,(H,24,27)(H,25,28)/t17-,18-. The van der Waals surface area contributed by atoms with Crippen LogP contribution in [0.2, 0.25) is 0 Å². The maximum absolute atomic E-state index is 5.27. The average Bonchev–Trinajstić information content (AvgIpc) is 2.65. The number of aromatic nitrogens is 2. The topological polar surface area (TPSA) is 71.1 Å². The summed E-state index contributed by atoms with van der Waals surface area (Å²) in [6.45, 7) is 10.4. The number of anilines is 2. The maximum Gasteiger partial charge on any atom is 0.134 e. The van der Waals surface area contributed by atoms with Gasteiger partial charge in [0.2, 0.25) is 0 Å². The number of hydrogen-bond acceptors (Lipinski definition) is 6. The Morgan fingerprint density at radius 1 is 0.966 bits per heavy atom. The molecule has 29 heavy (non-hydrogen) atoms. The minimum atomic E-state index is 0.335. The second kappa shape index (κ2) is 8.84. The number of rotatable bonds is 7. The summed E-state index contributed by atoms with van der Waals surface area (Å²) in [7, 11) is 0. The third-order valence-electron chi connectivity index (χ3n) is 5.94. The molecule has 158 valence electrons. The molecule has 0 radical (unpaired) electrons. The summed E-state index contributed by atoms with van der Waals surface area (Å²) in [5.74, 6) is 2.30. The highest BCUT2D eigenvalue weighted by Crippen LogP contribution is 2.29. The van der Waals surface area contributed by atoms with Crippen molar-refractivity contribution in [1.82, 2.24) is 15.3 Å². The van der Waals surface area contributed by atoms with Crippen molar-refractivity contribution in [3.63, 3.8) is 0 Å². The molecular formula is C23H35N5O. The van der Waals surface area contributed by atoms with Crippen LogP contribution in [0.15, 0.2) is 18.3 Å². The van der Waals surface area contributed by atoms with E-state index in [-0.39, 0.29) is 0 Å². The van der Waals surface area contributed by atoms with Gasteiger partial charge < -0.3 is 20.7 Å². The van der Waals surface area contributed by atoms with Crippen molar-refractivity contribution in [2.45, 2.75) is 83.5 Å². The first-order valence-corrected chi connectivity index (χ1v) is 11.2. The van der Waals surface area contributed by atoms with E-state index in [4.69, 9.17) is 14.7 Å². The Morgan fingerprint density at radius 2 is 1.69 bits per heavy atom. The fraction of sp³-hybridized carbons (Fsp3) is 0.652. The maximum atomic E-state index is 5.27. The van der Waals surface area contributed by atoms with Crippen molar-refractivity contribution in [3.05, 3.63) is 24.0 Å². The number of fused-ring (bicyclic) bond motifs is 1. The van der Waals surface area contributed by atoms with Crippen LogP contribution in [0.1, 0.15) is 65.0 Å². The largest absolute Gasteiger partial charge is 0.378 e. The van der Waals surface area contributed by atoms with Gasteiger partial charge in [0.1, 0.15) is 11.6 Å². The highest BCUT2D eigenvalue weighted by Gasteiger charge is 2.26. The molecule has 2 aliphatic rings. The zero-order chi connectivity index (χ0) is 20.4. The van der Waals surface area contributed by atoms with E-state index in [0.29, 0.717) is 30.1 Å². The Bertz CT molecular complexity index is 825. The molecule has 3 N–H and O–H groups in total. The van der Waals surface area contributed by atoms with Gasteiger partial charge in [0.25, 0.3) is 0 Å². The lowest BCUT2D eigenvalue weighted by molar-refractivity contribution is -0.0120. The molecule has 2 aromatic heterocycles. The monoisotopic (exact) mass is 397 g/mol. The Hall–Kier alpha value is -1.92. The van der Waals surface area contributed by atoms with Gasteiger partial charge in [-0.05, 0) is 57.6 Å². The van der Waals surface area contributed by atoms with E-state index in [0.717, 1.165) is 41.3 Å². The predicted molar refractivity (Wildman–Crippen MR) is 120 cm³/mol. The van der Waals surface area contributed by atoms with E-state index >= 15 is 0 Å². The van der Waals surface area contributed by atoms with Crippen LogP contribution in [-0.4, -0.2) is 47.3 Å². The number of pyridine rings is 2. The zero-order valence-corrected chi connectivity index (χ0v) is 18.2. The quantitative estimate of drug-likeness (QED) is 0.648. The molecule has 0 spiro atoms. The van der Waals surface area contributed by atoms with Gasteiger partial charge in [-0.25, -0.2) is 9.97 Å². The normalized spacial score (nSPS) is 22.8. The van der Waals surface area contributed by atoms with Crippen molar-refractivity contribution in [1.29, 1.82) is 0 Å². The van der Waals surface area contributed by atoms with Crippen LogP contribution >= 0.6 is 0 Å². The van der Waals surface area contributed by atoms with Crippen LogP contribution in [0.5, 0.6) is 0 Å². The van der Waals surface area contributed by atoms with Crippen molar-refractivity contribution < 1.29 is 4.74 Å². The fourth-order valence-electron chi connectivity index (χ4n) is 4.20. The van der Waals surface area contributed by atoms with Crippen LogP contribution < -0.4 is 16.0 Å². The van der Waals surface area contributed by atoms with E-state index < -0.39 is 0 Å². The molecular weight excluding hydrogens is 362 g/mol. The van der Waals surface area contributed by atoms with Gasteiger partial charge in [-0.3, -0.25) is 0 Å².